The van der Waals surface area contributed by atoms with E-state index in [1.807, 2.05) is 12.1 Å². The third kappa shape index (κ3) is 2.43. The number of nitrogens with zero attached hydrogens (tertiary/aromatic N) is 1. The van der Waals surface area contributed by atoms with Gasteiger partial charge in [0.25, 0.3) is 0 Å². The maximum atomic E-state index is 6.07. The van der Waals surface area contributed by atoms with E-state index >= 15 is 0 Å². The Labute approximate surface area is 102 Å². The SMILES string of the molecule is CC(C)CN(c1cccc(Cl)c1N)C1CC1. The van der Waals surface area contributed by atoms with Gasteiger partial charge in [-0.2, -0.15) is 0 Å². The molecular weight excluding hydrogens is 220 g/mol. The molecule has 0 saturated heterocycles. The van der Waals surface area contributed by atoms with Gasteiger partial charge in [0.15, 0.2) is 0 Å². The number of hydrogen-bond acceptors (Lipinski definition) is 2. The van der Waals surface area contributed by atoms with Crippen LogP contribution in [0.25, 0.3) is 0 Å². The highest BCUT2D eigenvalue weighted by Gasteiger charge is 2.30. The topological polar surface area (TPSA) is 29.3 Å². The first kappa shape index (κ1) is 11.6. The lowest BCUT2D eigenvalue weighted by Crippen LogP contribution is -2.30. The second-order valence-electron chi connectivity index (χ2n) is 4.95. The minimum Gasteiger partial charge on any atom is -0.396 e. The maximum Gasteiger partial charge on any atom is 0.0741 e. The van der Waals surface area contributed by atoms with Gasteiger partial charge >= 0.3 is 0 Å². The second-order valence-corrected chi connectivity index (χ2v) is 5.36. The first-order valence-corrected chi connectivity index (χ1v) is 6.28. The molecule has 16 heavy (non-hydrogen) atoms. The Balaban J connectivity index is 2.27. The lowest BCUT2D eigenvalue weighted by molar-refractivity contribution is 0.608. The van der Waals surface area contributed by atoms with E-state index in [9.17, 15) is 0 Å². The predicted octanol–water partition coefficient (Wildman–Crippen LogP) is 3.55. The van der Waals surface area contributed by atoms with E-state index < -0.39 is 0 Å². The molecule has 1 aromatic rings. The number of hydrogen-bond donors (Lipinski definition) is 1. The van der Waals surface area contributed by atoms with Crippen LogP contribution < -0.4 is 10.6 Å². The monoisotopic (exact) mass is 238 g/mol. The van der Waals surface area contributed by atoms with Crippen molar-refractivity contribution in [3.8, 4) is 0 Å². The molecule has 1 saturated carbocycles. The number of halogens is 1. The van der Waals surface area contributed by atoms with Gasteiger partial charge in [-0.05, 0) is 30.9 Å². The fourth-order valence-corrected chi connectivity index (χ4v) is 2.17. The minimum atomic E-state index is 0.638. The molecule has 0 amide bonds. The summed E-state index contributed by atoms with van der Waals surface area (Å²) in [7, 11) is 0. The fraction of sp³-hybridized carbons (Fsp3) is 0.538. The number of nitrogens with two attached hydrogens (primary N) is 1. The molecule has 0 spiro atoms. The largest absolute Gasteiger partial charge is 0.396 e. The summed E-state index contributed by atoms with van der Waals surface area (Å²) in [5, 5.41) is 0.659. The molecule has 0 unspecified atom stereocenters. The molecule has 0 aliphatic heterocycles. The molecule has 0 aromatic heterocycles. The summed E-state index contributed by atoms with van der Waals surface area (Å²) in [6.07, 6.45) is 2.55. The summed E-state index contributed by atoms with van der Waals surface area (Å²) in [4.78, 5) is 2.41. The predicted molar refractivity (Wildman–Crippen MR) is 71.1 cm³/mol. The van der Waals surface area contributed by atoms with Crippen LogP contribution in [0.2, 0.25) is 5.02 Å². The molecular formula is C13H19ClN2. The Bertz CT molecular complexity index is 372. The molecule has 0 heterocycles. The van der Waals surface area contributed by atoms with E-state index in [1.165, 1.54) is 12.8 Å². The van der Waals surface area contributed by atoms with Gasteiger partial charge in [0.1, 0.15) is 0 Å². The summed E-state index contributed by atoms with van der Waals surface area (Å²) in [5.41, 5.74) is 7.87. The van der Waals surface area contributed by atoms with Crippen LogP contribution in [0.5, 0.6) is 0 Å². The zero-order valence-corrected chi connectivity index (χ0v) is 10.7. The molecule has 0 radical (unpaired) electrons. The van der Waals surface area contributed by atoms with Crippen LogP contribution in [-0.2, 0) is 0 Å². The van der Waals surface area contributed by atoms with Crippen LogP contribution in [0.1, 0.15) is 26.7 Å². The summed E-state index contributed by atoms with van der Waals surface area (Å²) >= 11 is 6.07. The first-order chi connectivity index (χ1) is 7.59. The smallest absolute Gasteiger partial charge is 0.0741 e. The maximum absolute atomic E-state index is 6.07. The molecule has 2 rings (SSSR count). The van der Waals surface area contributed by atoms with Gasteiger partial charge in [-0.25, -0.2) is 0 Å². The van der Waals surface area contributed by atoms with E-state index in [1.54, 1.807) is 0 Å². The summed E-state index contributed by atoms with van der Waals surface area (Å²) in [6.45, 7) is 5.52. The Morgan fingerprint density at radius 2 is 2.12 bits per heavy atom. The molecule has 2 N–H and O–H groups in total. The average molecular weight is 239 g/mol. The minimum absolute atomic E-state index is 0.638. The quantitative estimate of drug-likeness (QED) is 0.813. The van der Waals surface area contributed by atoms with Crippen LogP contribution in [0.15, 0.2) is 18.2 Å². The lowest BCUT2D eigenvalue weighted by atomic mass is 10.1. The molecule has 0 bridgehead atoms. The highest BCUT2D eigenvalue weighted by Crippen LogP contribution is 2.37. The van der Waals surface area contributed by atoms with Crippen LogP contribution >= 0.6 is 11.6 Å². The van der Waals surface area contributed by atoms with Gasteiger partial charge in [0, 0.05) is 12.6 Å². The van der Waals surface area contributed by atoms with Crippen LogP contribution in [0, 0.1) is 5.92 Å². The van der Waals surface area contributed by atoms with Gasteiger partial charge < -0.3 is 10.6 Å². The molecule has 1 fully saturated rings. The normalized spacial score (nSPS) is 15.5. The Morgan fingerprint density at radius 3 is 2.69 bits per heavy atom. The fourth-order valence-electron chi connectivity index (χ4n) is 2.00. The summed E-state index contributed by atoms with van der Waals surface area (Å²) in [6, 6.07) is 6.56. The van der Waals surface area contributed by atoms with Crippen molar-refractivity contribution in [3.63, 3.8) is 0 Å². The molecule has 1 aromatic carbocycles. The van der Waals surface area contributed by atoms with E-state index in [2.05, 4.69) is 24.8 Å². The molecule has 0 atom stereocenters. The molecule has 1 aliphatic rings. The van der Waals surface area contributed by atoms with E-state index in [0.717, 1.165) is 17.9 Å². The van der Waals surface area contributed by atoms with Crippen LogP contribution in [-0.4, -0.2) is 12.6 Å². The van der Waals surface area contributed by atoms with E-state index in [-0.39, 0.29) is 0 Å². The number of rotatable bonds is 4. The molecule has 88 valence electrons. The van der Waals surface area contributed by atoms with Crippen molar-refractivity contribution < 1.29 is 0 Å². The van der Waals surface area contributed by atoms with Gasteiger partial charge in [-0.15, -0.1) is 0 Å². The van der Waals surface area contributed by atoms with Crippen LogP contribution in [0.3, 0.4) is 0 Å². The number of benzene rings is 1. The van der Waals surface area contributed by atoms with Crippen molar-refractivity contribution in [1.29, 1.82) is 0 Å². The lowest BCUT2D eigenvalue weighted by Gasteiger charge is -2.28. The van der Waals surface area contributed by atoms with E-state index in [0.29, 0.717) is 17.0 Å². The van der Waals surface area contributed by atoms with Crippen molar-refractivity contribution >= 4 is 23.0 Å². The summed E-state index contributed by atoms with van der Waals surface area (Å²) < 4.78 is 0. The van der Waals surface area contributed by atoms with Crippen molar-refractivity contribution in [3.05, 3.63) is 23.2 Å². The van der Waals surface area contributed by atoms with E-state index in [4.69, 9.17) is 17.3 Å². The highest BCUT2D eigenvalue weighted by molar-refractivity contribution is 6.33. The second kappa shape index (κ2) is 4.54. The average Bonchev–Trinajstić information content (AvgIpc) is 3.02. The Kier molecular flexibility index (Phi) is 3.29. The van der Waals surface area contributed by atoms with Crippen LogP contribution in [0.4, 0.5) is 11.4 Å². The van der Waals surface area contributed by atoms with Gasteiger partial charge in [-0.1, -0.05) is 31.5 Å². The number of para-hydroxylation sites is 1. The molecule has 3 heteroatoms. The van der Waals surface area contributed by atoms with Crippen molar-refractivity contribution in [2.75, 3.05) is 17.2 Å². The summed E-state index contributed by atoms with van der Waals surface area (Å²) in [5.74, 6) is 0.638. The number of anilines is 2. The number of nitrogen functional groups attached to an aromatic ring is 1. The molecule has 1 aliphatic carbocycles. The highest BCUT2D eigenvalue weighted by atomic mass is 35.5. The Hall–Kier alpha value is -0.890. The molecule has 2 nitrogen and oxygen atoms in total. The van der Waals surface area contributed by atoms with Gasteiger partial charge in [0.05, 0.1) is 16.4 Å². The van der Waals surface area contributed by atoms with Crippen molar-refractivity contribution in [2.45, 2.75) is 32.7 Å². The van der Waals surface area contributed by atoms with Gasteiger partial charge in [0.2, 0.25) is 0 Å². The standard InChI is InChI=1S/C13H19ClN2/c1-9(2)8-16(10-6-7-10)12-5-3-4-11(14)13(12)15/h3-5,9-10H,6-8,15H2,1-2H3. The zero-order valence-electron chi connectivity index (χ0n) is 9.91. The van der Waals surface area contributed by atoms with Gasteiger partial charge in [-0.3, -0.25) is 0 Å². The Morgan fingerprint density at radius 1 is 1.44 bits per heavy atom. The third-order valence-corrected chi connectivity index (χ3v) is 3.22. The van der Waals surface area contributed by atoms with Crippen molar-refractivity contribution in [2.24, 2.45) is 5.92 Å². The van der Waals surface area contributed by atoms with Crippen molar-refractivity contribution in [1.82, 2.24) is 0 Å². The zero-order chi connectivity index (χ0) is 11.7. The third-order valence-electron chi connectivity index (χ3n) is 2.89. The first-order valence-electron chi connectivity index (χ1n) is 5.90.